The van der Waals surface area contributed by atoms with Crippen molar-refractivity contribution in [1.29, 1.82) is 0 Å². The lowest BCUT2D eigenvalue weighted by molar-refractivity contribution is 0.752. The highest BCUT2D eigenvalue weighted by molar-refractivity contribution is 7.80. The van der Waals surface area contributed by atoms with Crippen LogP contribution in [0.3, 0.4) is 0 Å². The Kier molecular flexibility index (Phi) is 2.10. The summed E-state index contributed by atoms with van der Waals surface area (Å²) in [4.78, 5) is 4.31. The van der Waals surface area contributed by atoms with Crippen LogP contribution in [0.1, 0.15) is 0 Å². The van der Waals surface area contributed by atoms with Gasteiger partial charge in [0, 0.05) is 6.54 Å². The van der Waals surface area contributed by atoms with E-state index in [1.54, 1.807) is 0 Å². The minimum atomic E-state index is 0.737. The first kappa shape index (κ1) is 8.38. The molecule has 2 rings (SSSR count). The number of nitrogens with zero attached hydrogens (tertiary/aromatic N) is 2. The number of hydrogen-bond donors (Lipinski definition) is 1. The monoisotopic (exact) mass is 190 g/mol. The number of rotatable bonds is 2. The van der Waals surface area contributed by atoms with Gasteiger partial charge in [-0.05, 0) is 12.1 Å². The second kappa shape index (κ2) is 3.26. The van der Waals surface area contributed by atoms with Gasteiger partial charge in [0.1, 0.15) is 0 Å². The molecule has 1 aromatic heterocycles. The second-order valence-electron chi connectivity index (χ2n) is 2.80. The largest absolute Gasteiger partial charge is 0.315 e. The minimum Gasteiger partial charge on any atom is -0.315 e. The molecule has 0 aliphatic heterocycles. The molecule has 0 N–H and O–H groups in total. The van der Waals surface area contributed by atoms with Gasteiger partial charge >= 0.3 is 0 Å². The van der Waals surface area contributed by atoms with Gasteiger partial charge in [-0.25, -0.2) is 4.98 Å². The number of imidazole rings is 1. The van der Waals surface area contributed by atoms with Crippen LogP contribution in [0, 0.1) is 0 Å². The van der Waals surface area contributed by atoms with E-state index in [1.807, 2.05) is 34.9 Å². The van der Waals surface area contributed by atoms with Crippen molar-refractivity contribution in [3.63, 3.8) is 0 Å². The highest BCUT2D eigenvalue weighted by Gasteiger charge is 2.04. The normalized spacial score (nSPS) is 10.5. The predicted octanol–water partition coefficient (Wildman–Crippen LogP) is 2.51. The lowest BCUT2D eigenvalue weighted by Gasteiger charge is -2.00. The number of thiol groups is 1. The molecule has 2 aromatic rings. The lowest BCUT2D eigenvalue weighted by Crippen LogP contribution is -1.94. The Morgan fingerprint density at radius 3 is 3.00 bits per heavy atom. The zero-order chi connectivity index (χ0) is 9.26. The topological polar surface area (TPSA) is 17.8 Å². The van der Waals surface area contributed by atoms with Crippen LogP contribution >= 0.6 is 12.6 Å². The Labute approximate surface area is 82.3 Å². The first-order valence-corrected chi connectivity index (χ1v) is 4.53. The van der Waals surface area contributed by atoms with E-state index in [9.17, 15) is 0 Å². The summed E-state index contributed by atoms with van der Waals surface area (Å²) in [5.74, 6) is 0. The van der Waals surface area contributed by atoms with E-state index in [0.717, 1.165) is 22.7 Å². The summed E-state index contributed by atoms with van der Waals surface area (Å²) in [7, 11) is 0. The molecular formula is C10H10N2S. The van der Waals surface area contributed by atoms with Crippen molar-refractivity contribution in [2.24, 2.45) is 0 Å². The summed E-state index contributed by atoms with van der Waals surface area (Å²) >= 11 is 4.29. The summed E-state index contributed by atoms with van der Waals surface area (Å²) in [6, 6.07) is 7.98. The van der Waals surface area contributed by atoms with Crippen LogP contribution in [0.5, 0.6) is 0 Å². The number of hydrogen-bond acceptors (Lipinski definition) is 2. The zero-order valence-electron chi connectivity index (χ0n) is 7.14. The highest BCUT2D eigenvalue weighted by Crippen LogP contribution is 2.17. The predicted molar refractivity (Wildman–Crippen MR) is 57.2 cm³/mol. The van der Waals surface area contributed by atoms with Crippen molar-refractivity contribution in [3.05, 3.63) is 36.9 Å². The van der Waals surface area contributed by atoms with Crippen molar-refractivity contribution in [3.8, 4) is 0 Å². The summed E-state index contributed by atoms with van der Waals surface area (Å²) in [6.45, 7) is 4.45. The highest BCUT2D eigenvalue weighted by atomic mass is 32.1. The number of benzene rings is 1. The Morgan fingerprint density at radius 1 is 1.46 bits per heavy atom. The maximum absolute atomic E-state index is 4.31. The Balaban J connectivity index is 2.70. The molecule has 0 unspecified atom stereocenters. The van der Waals surface area contributed by atoms with Crippen LogP contribution in [0.15, 0.2) is 42.1 Å². The summed E-state index contributed by atoms with van der Waals surface area (Å²) in [5.41, 5.74) is 2.08. The fourth-order valence-electron chi connectivity index (χ4n) is 1.37. The van der Waals surface area contributed by atoms with Gasteiger partial charge in [0.05, 0.1) is 11.0 Å². The summed E-state index contributed by atoms with van der Waals surface area (Å²) < 4.78 is 2.02. The zero-order valence-corrected chi connectivity index (χ0v) is 8.04. The number of para-hydroxylation sites is 2. The molecule has 0 radical (unpaired) electrons. The smallest absolute Gasteiger partial charge is 0.166 e. The van der Waals surface area contributed by atoms with Gasteiger partial charge in [0.25, 0.3) is 0 Å². The maximum Gasteiger partial charge on any atom is 0.166 e. The van der Waals surface area contributed by atoms with Crippen LogP contribution in [-0.4, -0.2) is 9.55 Å². The van der Waals surface area contributed by atoms with Crippen molar-refractivity contribution < 1.29 is 0 Å². The van der Waals surface area contributed by atoms with Gasteiger partial charge in [-0.3, -0.25) is 0 Å². The van der Waals surface area contributed by atoms with Crippen molar-refractivity contribution in [2.75, 3.05) is 0 Å². The SMILES string of the molecule is C=CCn1c(S)nc2ccccc21. The molecule has 0 aliphatic rings. The third kappa shape index (κ3) is 1.35. The molecule has 3 heteroatoms. The standard InChI is InChI=1S/C10H10N2S/c1-2-7-12-9-6-4-3-5-8(9)11-10(12)13/h2-6H,1,7H2,(H,11,13). The Bertz CT molecular complexity index is 445. The van der Waals surface area contributed by atoms with E-state index in [1.165, 1.54) is 0 Å². The fraction of sp³-hybridized carbons (Fsp3) is 0.100. The molecule has 0 saturated carbocycles. The van der Waals surface area contributed by atoms with Crippen molar-refractivity contribution >= 4 is 23.7 Å². The van der Waals surface area contributed by atoms with Crippen molar-refractivity contribution in [2.45, 2.75) is 11.7 Å². The van der Waals surface area contributed by atoms with Crippen LogP contribution < -0.4 is 0 Å². The molecule has 66 valence electrons. The van der Waals surface area contributed by atoms with Crippen molar-refractivity contribution in [1.82, 2.24) is 9.55 Å². The second-order valence-corrected chi connectivity index (χ2v) is 3.20. The molecule has 13 heavy (non-hydrogen) atoms. The van der Waals surface area contributed by atoms with E-state index >= 15 is 0 Å². The number of allylic oxidation sites excluding steroid dienone is 1. The van der Waals surface area contributed by atoms with Gasteiger partial charge < -0.3 is 4.57 Å². The molecule has 0 bridgehead atoms. The maximum atomic E-state index is 4.31. The lowest BCUT2D eigenvalue weighted by atomic mass is 10.3. The minimum absolute atomic E-state index is 0.737. The molecule has 0 fully saturated rings. The number of aromatic nitrogens is 2. The Hall–Kier alpha value is -1.22. The summed E-state index contributed by atoms with van der Waals surface area (Å²) in [5, 5.41) is 0.737. The third-order valence-corrected chi connectivity index (χ3v) is 2.29. The molecule has 2 nitrogen and oxygen atoms in total. The van der Waals surface area contributed by atoms with Gasteiger partial charge in [-0.2, -0.15) is 0 Å². The Morgan fingerprint density at radius 2 is 2.23 bits per heavy atom. The molecule has 0 spiro atoms. The van der Waals surface area contributed by atoms with Crippen LogP contribution in [0.2, 0.25) is 0 Å². The molecule has 1 aromatic carbocycles. The molecule has 0 amide bonds. The van der Waals surface area contributed by atoms with Crippen LogP contribution in [-0.2, 0) is 6.54 Å². The summed E-state index contributed by atoms with van der Waals surface area (Å²) in [6.07, 6.45) is 1.84. The third-order valence-electron chi connectivity index (χ3n) is 1.95. The van der Waals surface area contributed by atoms with Gasteiger partial charge in [-0.1, -0.05) is 18.2 Å². The van der Waals surface area contributed by atoms with Gasteiger partial charge in [-0.15, -0.1) is 19.2 Å². The van der Waals surface area contributed by atoms with E-state index in [0.29, 0.717) is 0 Å². The van der Waals surface area contributed by atoms with E-state index in [4.69, 9.17) is 0 Å². The average molecular weight is 190 g/mol. The van der Waals surface area contributed by atoms with Gasteiger partial charge in [0.15, 0.2) is 5.16 Å². The fourth-order valence-corrected chi connectivity index (χ4v) is 1.67. The van der Waals surface area contributed by atoms with E-state index in [2.05, 4.69) is 24.2 Å². The quantitative estimate of drug-likeness (QED) is 0.569. The first-order valence-electron chi connectivity index (χ1n) is 4.08. The molecule has 0 aliphatic carbocycles. The first-order chi connectivity index (χ1) is 6.33. The average Bonchev–Trinajstić information content (AvgIpc) is 2.44. The van der Waals surface area contributed by atoms with E-state index < -0.39 is 0 Å². The molecule has 1 heterocycles. The van der Waals surface area contributed by atoms with Gasteiger partial charge in [0.2, 0.25) is 0 Å². The van der Waals surface area contributed by atoms with Crippen LogP contribution in [0.25, 0.3) is 11.0 Å². The number of fused-ring (bicyclic) bond motifs is 1. The molecule has 0 saturated heterocycles. The van der Waals surface area contributed by atoms with Crippen LogP contribution in [0.4, 0.5) is 0 Å². The van der Waals surface area contributed by atoms with E-state index in [-0.39, 0.29) is 0 Å². The molecular weight excluding hydrogens is 180 g/mol. The molecule has 0 atom stereocenters.